The molecule has 0 unspecified atom stereocenters. The molecule has 0 spiro atoms. The molecular formula is C32H58N2O4S. The molecule has 0 saturated carbocycles. The van der Waals surface area contributed by atoms with E-state index in [2.05, 4.69) is 25.9 Å². The van der Waals surface area contributed by atoms with Crippen LogP contribution in [0.3, 0.4) is 0 Å². The fourth-order valence-corrected chi connectivity index (χ4v) is 5.65. The van der Waals surface area contributed by atoms with Gasteiger partial charge in [0, 0.05) is 13.0 Å². The van der Waals surface area contributed by atoms with Crippen molar-refractivity contribution < 1.29 is 22.2 Å². The van der Waals surface area contributed by atoms with E-state index >= 15 is 0 Å². The van der Waals surface area contributed by atoms with Crippen LogP contribution in [0.5, 0.6) is 0 Å². The van der Waals surface area contributed by atoms with Crippen LogP contribution < -0.4 is 0 Å². The summed E-state index contributed by atoms with van der Waals surface area (Å²) in [6.45, 7) is 7.18. The summed E-state index contributed by atoms with van der Waals surface area (Å²) in [6, 6.07) is 5.78. The minimum atomic E-state index is -4.27. The summed E-state index contributed by atoms with van der Waals surface area (Å²) in [5, 5.41) is 0. The number of aryl methyl sites for hydroxylation is 1. The highest BCUT2D eigenvalue weighted by Gasteiger charge is 2.26. The van der Waals surface area contributed by atoms with Crippen LogP contribution in [0.15, 0.2) is 29.2 Å². The van der Waals surface area contributed by atoms with Gasteiger partial charge in [-0.3, -0.25) is 9.69 Å². The summed E-state index contributed by atoms with van der Waals surface area (Å²) in [5.41, 5.74) is 0.928. The maximum absolute atomic E-state index is 11.8. The number of nitrogens with zero attached hydrogens (tertiary/aromatic N) is 2. The Morgan fingerprint density at radius 2 is 1.21 bits per heavy atom. The van der Waals surface area contributed by atoms with E-state index in [9.17, 15) is 17.8 Å². The monoisotopic (exact) mass is 566 g/mol. The minimum Gasteiger partial charge on any atom is -0.744 e. The molecule has 1 aliphatic rings. The van der Waals surface area contributed by atoms with Gasteiger partial charge in [-0.05, 0) is 38.3 Å². The Balaban J connectivity index is 0.000000573. The maximum atomic E-state index is 11.8. The highest BCUT2D eigenvalue weighted by Crippen LogP contribution is 2.16. The van der Waals surface area contributed by atoms with Crippen molar-refractivity contribution in [3.8, 4) is 0 Å². The normalized spacial score (nSPS) is 14.0. The van der Waals surface area contributed by atoms with Crippen molar-refractivity contribution in [1.29, 1.82) is 0 Å². The summed E-state index contributed by atoms with van der Waals surface area (Å²) in [7, 11) is 0.280. The van der Waals surface area contributed by atoms with E-state index < -0.39 is 10.1 Å². The molecule has 1 aromatic rings. The van der Waals surface area contributed by atoms with Crippen LogP contribution in [0.1, 0.15) is 128 Å². The molecule has 7 heteroatoms. The van der Waals surface area contributed by atoms with Crippen molar-refractivity contribution in [2.75, 3.05) is 33.9 Å². The summed E-state index contributed by atoms with van der Waals surface area (Å²) in [4.78, 5) is 13.7. The Hall–Kier alpha value is -1.44. The smallest absolute Gasteiger partial charge is 0.226 e. The summed E-state index contributed by atoms with van der Waals surface area (Å²) in [6.07, 6.45) is 24.6. The number of hydrogen-bond acceptors (Lipinski definition) is 4. The molecule has 0 radical (unpaired) electrons. The lowest BCUT2D eigenvalue weighted by Crippen LogP contribution is -2.49. The Labute approximate surface area is 240 Å². The van der Waals surface area contributed by atoms with Gasteiger partial charge in [0.1, 0.15) is 10.1 Å². The number of carbonyl (C=O) groups excluding carboxylic acids is 1. The molecule has 2 rings (SSSR count). The molecule has 1 fully saturated rings. The van der Waals surface area contributed by atoms with Crippen molar-refractivity contribution in [2.24, 2.45) is 0 Å². The van der Waals surface area contributed by atoms with E-state index in [0.29, 0.717) is 5.91 Å². The number of unbranched alkanes of at least 4 members (excludes halogenated alkanes) is 15. The molecule has 1 amide bonds. The van der Waals surface area contributed by atoms with Gasteiger partial charge in [0.2, 0.25) is 5.91 Å². The Morgan fingerprint density at radius 1 is 0.769 bits per heavy atom. The zero-order valence-electron chi connectivity index (χ0n) is 25.6. The zero-order valence-corrected chi connectivity index (χ0v) is 26.4. The maximum Gasteiger partial charge on any atom is 0.226 e. The molecule has 0 bridgehead atoms. The Morgan fingerprint density at radius 3 is 1.59 bits per heavy atom. The third-order valence-electron chi connectivity index (χ3n) is 7.65. The van der Waals surface area contributed by atoms with Crippen LogP contribution in [0, 0.1) is 6.92 Å². The van der Waals surface area contributed by atoms with Crippen molar-refractivity contribution >= 4 is 16.0 Å². The first-order valence-electron chi connectivity index (χ1n) is 15.7. The van der Waals surface area contributed by atoms with Gasteiger partial charge >= 0.3 is 0 Å². The third kappa shape index (κ3) is 18.5. The number of quaternary nitrogens is 1. The average Bonchev–Trinajstić information content (AvgIpc) is 3.27. The number of hydrogen-bond donors (Lipinski definition) is 0. The fraction of sp³-hybridized carbons (Fsp3) is 0.781. The standard InChI is InChI=1S/C25H51N2O.C7H8O3S/c1-4-5-6-7-8-9-10-11-12-13-14-15-16-17-18-19-23-27(2,3)24-26-22-20-21-25(26)28;1-6-2-4-7(5-3-6)11(8,9)10/h4-24H2,1-3H3;2-5H,1H3,(H,8,9,10)/q+1;/p-1. The molecule has 1 aromatic carbocycles. The fourth-order valence-electron chi connectivity index (χ4n) is 5.18. The zero-order chi connectivity index (χ0) is 29.0. The highest BCUT2D eigenvalue weighted by molar-refractivity contribution is 7.85. The van der Waals surface area contributed by atoms with Crippen LogP contribution in [0.4, 0.5) is 0 Å². The van der Waals surface area contributed by atoms with E-state index in [0.717, 1.165) is 36.1 Å². The molecule has 0 atom stereocenters. The number of amides is 1. The van der Waals surface area contributed by atoms with E-state index in [1.54, 1.807) is 12.1 Å². The number of carbonyl (C=O) groups is 1. The predicted octanol–water partition coefficient (Wildman–Crippen LogP) is 7.80. The second-order valence-corrected chi connectivity index (χ2v) is 13.5. The van der Waals surface area contributed by atoms with Gasteiger partial charge in [-0.25, -0.2) is 8.42 Å². The molecular weight excluding hydrogens is 508 g/mol. The summed E-state index contributed by atoms with van der Waals surface area (Å²) in [5.74, 6) is 0.359. The van der Waals surface area contributed by atoms with Crippen LogP contribution in [0.2, 0.25) is 0 Å². The third-order valence-corrected chi connectivity index (χ3v) is 8.50. The van der Waals surface area contributed by atoms with Crippen LogP contribution in [-0.2, 0) is 14.9 Å². The Kier molecular flexibility index (Phi) is 18.6. The first kappa shape index (κ1) is 35.6. The van der Waals surface area contributed by atoms with Gasteiger partial charge in [0.25, 0.3) is 0 Å². The quantitative estimate of drug-likeness (QED) is 0.0916. The first-order valence-corrected chi connectivity index (χ1v) is 17.1. The van der Waals surface area contributed by atoms with Gasteiger partial charge < -0.3 is 9.04 Å². The van der Waals surface area contributed by atoms with Gasteiger partial charge in [0.15, 0.2) is 6.67 Å². The molecule has 1 heterocycles. The van der Waals surface area contributed by atoms with Crippen molar-refractivity contribution in [1.82, 2.24) is 4.90 Å². The SMILES string of the molecule is CCCCCCCCCCCCCCCCCC[N+](C)(C)CN1CCCC1=O.Cc1ccc(S(=O)(=O)[O-])cc1. The van der Waals surface area contributed by atoms with Crippen molar-refractivity contribution in [2.45, 2.75) is 134 Å². The lowest BCUT2D eigenvalue weighted by molar-refractivity contribution is -0.899. The topological polar surface area (TPSA) is 77.5 Å². The second kappa shape index (κ2) is 20.4. The van der Waals surface area contributed by atoms with Crippen LogP contribution in [-0.4, -0.2) is 62.1 Å². The highest BCUT2D eigenvalue weighted by atomic mass is 32.2. The van der Waals surface area contributed by atoms with Gasteiger partial charge in [-0.15, -0.1) is 0 Å². The van der Waals surface area contributed by atoms with Crippen LogP contribution >= 0.6 is 0 Å². The van der Waals surface area contributed by atoms with Crippen molar-refractivity contribution in [3.63, 3.8) is 0 Å². The van der Waals surface area contributed by atoms with E-state index in [4.69, 9.17) is 0 Å². The van der Waals surface area contributed by atoms with Crippen molar-refractivity contribution in [3.05, 3.63) is 29.8 Å². The molecule has 0 N–H and O–H groups in total. The summed E-state index contributed by atoms with van der Waals surface area (Å²) < 4.78 is 32.1. The predicted molar refractivity (Wildman–Crippen MR) is 161 cm³/mol. The molecule has 1 aliphatic heterocycles. The number of likely N-dealkylation sites (tertiary alicyclic amines) is 1. The van der Waals surface area contributed by atoms with Gasteiger partial charge in [-0.1, -0.05) is 115 Å². The molecule has 6 nitrogen and oxygen atoms in total. The lowest BCUT2D eigenvalue weighted by atomic mass is 10.0. The molecule has 0 aliphatic carbocycles. The number of rotatable bonds is 20. The summed E-state index contributed by atoms with van der Waals surface area (Å²) >= 11 is 0. The average molecular weight is 567 g/mol. The molecule has 1 saturated heterocycles. The van der Waals surface area contributed by atoms with E-state index in [1.807, 2.05) is 6.92 Å². The second-order valence-electron chi connectivity index (χ2n) is 12.1. The van der Waals surface area contributed by atoms with Gasteiger partial charge in [0.05, 0.1) is 25.5 Å². The molecule has 0 aromatic heterocycles. The molecule has 39 heavy (non-hydrogen) atoms. The number of benzene rings is 1. The lowest BCUT2D eigenvalue weighted by Gasteiger charge is -2.33. The first-order chi connectivity index (χ1) is 18.5. The van der Waals surface area contributed by atoms with Crippen LogP contribution in [0.25, 0.3) is 0 Å². The van der Waals surface area contributed by atoms with E-state index in [-0.39, 0.29) is 4.90 Å². The van der Waals surface area contributed by atoms with E-state index in [1.165, 1.54) is 121 Å². The largest absolute Gasteiger partial charge is 0.744 e. The Bertz CT molecular complexity index is 869. The van der Waals surface area contributed by atoms with Gasteiger partial charge in [-0.2, -0.15) is 0 Å². The molecule has 226 valence electrons. The minimum absolute atomic E-state index is 0.178.